The Morgan fingerprint density at radius 3 is 2.50 bits per heavy atom. The van der Waals surface area contributed by atoms with Crippen molar-refractivity contribution in [2.45, 2.75) is 25.8 Å². The van der Waals surface area contributed by atoms with Crippen molar-refractivity contribution >= 4 is 5.91 Å². The number of allylic oxidation sites excluding steroid dienone is 1. The van der Waals surface area contributed by atoms with Gasteiger partial charge >= 0.3 is 0 Å². The first kappa shape index (κ1) is 8.70. The lowest BCUT2D eigenvalue weighted by atomic mass is 10.3. The normalized spacial score (nSPS) is 18.1. The summed E-state index contributed by atoms with van der Waals surface area (Å²) in [5.74, 6) is -0.935. The van der Waals surface area contributed by atoms with E-state index in [9.17, 15) is 9.70 Å². The van der Waals surface area contributed by atoms with Gasteiger partial charge in [0.05, 0.1) is 0 Å². The molecule has 0 aromatic heterocycles. The van der Waals surface area contributed by atoms with E-state index in [1.807, 2.05) is 0 Å². The van der Waals surface area contributed by atoms with E-state index in [1.165, 1.54) is 6.92 Å². The molecule has 1 saturated carbocycles. The molecule has 1 fully saturated rings. The van der Waals surface area contributed by atoms with Gasteiger partial charge in [-0.05, 0) is 24.9 Å². The van der Waals surface area contributed by atoms with Crippen molar-refractivity contribution in [2.24, 2.45) is 5.18 Å². The fraction of sp³-hybridized carbons (Fsp3) is 0.571. The first-order chi connectivity index (χ1) is 5.65. The Morgan fingerprint density at radius 1 is 1.58 bits per heavy atom. The van der Waals surface area contributed by atoms with Crippen LogP contribution in [0.3, 0.4) is 0 Å². The highest BCUT2D eigenvalue weighted by Gasteiger charge is 2.26. The molecule has 2 N–H and O–H groups in total. The first-order valence-electron chi connectivity index (χ1n) is 3.69. The minimum atomic E-state index is -0.590. The SMILES string of the molecule is C/C(O)=C(\N=O)C(=O)NC1CC1. The molecule has 5 heteroatoms. The Labute approximate surface area is 69.4 Å². The zero-order valence-corrected chi connectivity index (χ0v) is 6.70. The highest BCUT2D eigenvalue weighted by atomic mass is 16.3. The summed E-state index contributed by atoms with van der Waals surface area (Å²) in [4.78, 5) is 21.1. The monoisotopic (exact) mass is 170 g/mol. The lowest BCUT2D eigenvalue weighted by Gasteiger charge is -2.00. The first-order valence-corrected chi connectivity index (χ1v) is 3.69. The van der Waals surface area contributed by atoms with E-state index in [0.29, 0.717) is 0 Å². The van der Waals surface area contributed by atoms with Gasteiger partial charge in [0.2, 0.25) is 5.70 Å². The highest BCUT2D eigenvalue weighted by molar-refractivity contribution is 5.93. The van der Waals surface area contributed by atoms with Crippen LogP contribution in [0, 0.1) is 4.91 Å². The number of carbonyl (C=O) groups excluding carboxylic acids is 1. The van der Waals surface area contributed by atoms with Crippen LogP contribution in [-0.4, -0.2) is 17.1 Å². The van der Waals surface area contributed by atoms with Crippen LogP contribution >= 0.6 is 0 Å². The standard InChI is InChI=1S/C7H10N2O3/c1-4(10)6(9-12)7(11)8-5-2-3-5/h5,10H,2-3H2,1H3,(H,8,11)/b6-4+. The maximum absolute atomic E-state index is 11.0. The van der Waals surface area contributed by atoms with E-state index < -0.39 is 11.6 Å². The average molecular weight is 170 g/mol. The summed E-state index contributed by atoms with van der Waals surface area (Å²) in [5, 5.41) is 13.8. The molecule has 0 aliphatic heterocycles. The quantitative estimate of drug-likeness (QED) is 0.374. The average Bonchev–Trinajstić information content (AvgIpc) is 2.71. The summed E-state index contributed by atoms with van der Waals surface area (Å²) in [7, 11) is 0. The zero-order valence-electron chi connectivity index (χ0n) is 6.70. The van der Waals surface area contributed by atoms with Crippen LogP contribution in [0.4, 0.5) is 0 Å². The number of amides is 1. The highest BCUT2D eigenvalue weighted by Crippen LogP contribution is 2.19. The summed E-state index contributed by atoms with van der Waals surface area (Å²) in [6, 6.07) is 0.161. The second kappa shape index (κ2) is 3.34. The van der Waals surface area contributed by atoms with Crippen LogP contribution in [0.15, 0.2) is 16.6 Å². The van der Waals surface area contributed by atoms with Gasteiger partial charge in [0, 0.05) is 6.04 Å². The molecule has 0 heterocycles. The molecular weight excluding hydrogens is 160 g/mol. The van der Waals surface area contributed by atoms with Gasteiger partial charge in [0.1, 0.15) is 5.76 Å². The molecule has 12 heavy (non-hydrogen) atoms. The predicted molar refractivity (Wildman–Crippen MR) is 42.3 cm³/mol. The molecule has 0 aromatic rings. The minimum absolute atomic E-state index is 0.161. The molecule has 0 unspecified atom stereocenters. The van der Waals surface area contributed by atoms with Gasteiger partial charge in [-0.2, -0.15) is 0 Å². The van der Waals surface area contributed by atoms with E-state index in [2.05, 4.69) is 10.5 Å². The molecule has 0 aromatic carbocycles. The summed E-state index contributed by atoms with van der Waals surface area (Å²) in [5.41, 5.74) is -0.429. The number of aliphatic hydroxyl groups is 1. The largest absolute Gasteiger partial charge is 0.510 e. The third kappa shape index (κ3) is 2.05. The Hall–Kier alpha value is -1.39. The number of nitrogens with one attached hydrogen (secondary N) is 1. The van der Waals surface area contributed by atoms with Crippen molar-refractivity contribution in [3.8, 4) is 0 Å². The molecule has 1 amide bonds. The summed E-state index contributed by atoms with van der Waals surface area (Å²) < 4.78 is 0. The van der Waals surface area contributed by atoms with Gasteiger partial charge < -0.3 is 10.4 Å². The summed E-state index contributed by atoms with van der Waals surface area (Å²) in [6.07, 6.45) is 1.87. The van der Waals surface area contributed by atoms with E-state index in [4.69, 9.17) is 5.11 Å². The van der Waals surface area contributed by atoms with Gasteiger partial charge in [-0.15, -0.1) is 4.91 Å². The van der Waals surface area contributed by atoms with Gasteiger partial charge in [-0.25, -0.2) is 0 Å². The van der Waals surface area contributed by atoms with Crippen molar-refractivity contribution in [2.75, 3.05) is 0 Å². The Balaban J connectivity index is 2.58. The molecule has 5 nitrogen and oxygen atoms in total. The van der Waals surface area contributed by atoms with E-state index >= 15 is 0 Å². The van der Waals surface area contributed by atoms with Crippen LogP contribution in [0.25, 0.3) is 0 Å². The third-order valence-electron chi connectivity index (χ3n) is 1.56. The Kier molecular flexibility index (Phi) is 2.42. The van der Waals surface area contributed by atoms with Crippen LogP contribution in [-0.2, 0) is 4.79 Å². The predicted octanol–water partition coefficient (Wildman–Crippen LogP) is 0.821. The molecule has 66 valence electrons. The van der Waals surface area contributed by atoms with Crippen molar-refractivity contribution < 1.29 is 9.90 Å². The second-order valence-electron chi connectivity index (χ2n) is 2.77. The minimum Gasteiger partial charge on any atom is -0.510 e. The van der Waals surface area contributed by atoms with Crippen molar-refractivity contribution in [3.63, 3.8) is 0 Å². The summed E-state index contributed by atoms with van der Waals surface area (Å²) >= 11 is 0. The van der Waals surface area contributed by atoms with E-state index in [-0.39, 0.29) is 11.8 Å². The molecule has 1 aliphatic carbocycles. The topological polar surface area (TPSA) is 78.8 Å². The fourth-order valence-electron chi connectivity index (χ4n) is 0.753. The van der Waals surface area contributed by atoms with Gasteiger partial charge in [0.25, 0.3) is 5.91 Å². The maximum atomic E-state index is 11.0. The zero-order chi connectivity index (χ0) is 9.14. The maximum Gasteiger partial charge on any atom is 0.277 e. The molecular formula is C7H10N2O3. The molecule has 1 rings (SSSR count). The van der Waals surface area contributed by atoms with Crippen LogP contribution in [0.5, 0.6) is 0 Å². The fourth-order valence-corrected chi connectivity index (χ4v) is 0.753. The van der Waals surface area contributed by atoms with Crippen LogP contribution in [0.2, 0.25) is 0 Å². The third-order valence-corrected chi connectivity index (χ3v) is 1.56. The smallest absolute Gasteiger partial charge is 0.277 e. The number of rotatable bonds is 3. The molecule has 1 aliphatic rings. The number of hydrogen-bond donors (Lipinski definition) is 2. The second-order valence-corrected chi connectivity index (χ2v) is 2.77. The molecule has 0 saturated heterocycles. The van der Waals surface area contributed by atoms with Gasteiger partial charge in [-0.3, -0.25) is 4.79 Å². The number of carbonyl (C=O) groups is 1. The number of nitroso groups, excluding NO2 is 1. The van der Waals surface area contributed by atoms with Crippen molar-refractivity contribution in [1.29, 1.82) is 0 Å². The molecule has 0 spiro atoms. The molecule has 0 atom stereocenters. The number of nitrogens with zero attached hydrogens (tertiary/aromatic N) is 1. The lowest BCUT2D eigenvalue weighted by Crippen LogP contribution is -2.26. The Bertz CT molecular complexity index is 239. The number of hydrogen-bond acceptors (Lipinski definition) is 4. The van der Waals surface area contributed by atoms with Crippen molar-refractivity contribution in [3.05, 3.63) is 16.4 Å². The van der Waals surface area contributed by atoms with Gasteiger partial charge in [0.15, 0.2) is 0 Å². The van der Waals surface area contributed by atoms with E-state index in [0.717, 1.165) is 12.8 Å². The lowest BCUT2D eigenvalue weighted by molar-refractivity contribution is -0.117. The van der Waals surface area contributed by atoms with Crippen molar-refractivity contribution in [1.82, 2.24) is 5.32 Å². The van der Waals surface area contributed by atoms with Crippen LogP contribution in [0.1, 0.15) is 19.8 Å². The molecule has 0 bridgehead atoms. The number of aliphatic hydroxyl groups excluding tert-OH is 1. The van der Waals surface area contributed by atoms with Crippen LogP contribution < -0.4 is 5.32 Å². The molecule has 0 radical (unpaired) electrons. The summed E-state index contributed by atoms with van der Waals surface area (Å²) in [6.45, 7) is 1.25. The van der Waals surface area contributed by atoms with Gasteiger partial charge in [-0.1, -0.05) is 0 Å². The Morgan fingerprint density at radius 2 is 2.17 bits per heavy atom. The van der Waals surface area contributed by atoms with E-state index in [1.54, 1.807) is 0 Å².